The maximum atomic E-state index is 12.4. The Labute approximate surface area is 234 Å². The SMILES string of the molecule is CC[C@H](CC[C@@H](C)[C@H]1CC[C@H]2[C@@H]3CC=C4C[C@@H](OC(=O)NCC(C)(C)N)CC[C@]4(C)[C@H]3CC[C@]12C)C(C)C. The third-order valence-corrected chi connectivity index (χ3v) is 12.2. The van der Waals surface area contributed by atoms with Crippen molar-refractivity contribution in [1.82, 2.24) is 5.32 Å². The molecule has 0 aromatic carbocycles. The number of alkyl carbamates (subject to hydrolysis) is 1. The quantitative estimate of drug-likeness (QED) is 0.295. The first-order valence-corrected chi connectivity index (χ1v) is 16.2. The zero-order valence-electron chi connectivity index (χ0n) is 26.1. The van der Waals surface area contributed by atoms with Crippen LogP contribution in [0.25, 0.3) is 0 Å². The second kappa shape index (κ2) is 11.5. The lowest BCUT2D eigenvalue weighted by Gasteiger charge is -2.58. The van der Waals surface area contributed by atoms with Crippen molar-refractivity contribution in [3.05, 3.63) is 11.6 Å². The molecule has 3 N–H and O–H groups in total. The minimum Gasteiger partial charge on any atom is -0.446 e. The van der Waals surface area contributed by atoms with Crippen LogP contribution in [0.1, 0.15) is 126 Å². The third kappa shape index (κ3) is 6.01. The van der Waals surface area contributed by atoms with Gasteiger partial charge in [-0.3, -0.25) is 0 Å². The summed E-state index contributed by atoms with van der Waals surface area (Å²) < 4.78 is 5.86. The van der Waals surface area contributed by atoms with Gasteiger partial charge in [-0.2, -0.15) is 0 Å². The molecule has 3 saturated carbocycles. The zero-order valence-corrected chi connectivity index (χ0v) is 26.1. The topological polar surface area (TPSA) is 64.3 Å². The lowest BCUT2D eigenvalue weighted by Crippen LogP contribution is -2.51. The number of carbonyl (C=O) groups excluding carboxylic acids is 1. The number of hydrogen-bond acceptors (Lipinski definition) is 3. The summed E-state index contributed by atoms with van der Waals surface area (Å²) in [6, 6.07) is 0. The Morgan fingerprint density at radius 1 is 1.11 bits per heavy atom. The second-order valence-corrected chi connectivity index (χ2v) is 15.6. The summed E-state index contributed by atoms with van der Waals surface area (Å²) in [5, 5.41) is 2.86. The molecule has 38 heavy (non-hydrogen) atoms. The average Bonchev–Trinajstić information content (AvgIpc) is 3.20. The van der Waals surface area contributed by atoms with E-state index in [2.05, 4.69) is 52.9 Å². The number of ether oxygens (including phenoxy) is 1. The predicted molar refractivity (Wildman–Crippen MR) is 159 cm³/mol. The van der Waals surface area contributed by atoms with E-state index in [-0.39, 0.29) is 17.6 Å². The van der Waals surface area contributed by atoms with Gasteiger partial charge in [0.05, 0.1) is 0 Å². The molecule has 0 saturated heterocycles. The van der Waals surface area contributed by atoms with Gasteiger partial charge in [-0.1, -0.05) is 66.0 Å². The van der Waals surface area contributed by atoms with Crippen molar-refractivity contribution < 1.29 is 9.53 Å². The zero-order chi connectivity index (χ0) is 27.9. The maximum Gasteiger partial charge on any atom is 0.407 e. The molecule has 4 heteroatoms. The fourth-order valence-electron chi connectivity index (χ4n) is 9.88. The number of carbonyl (C=O) groups is 1. The summed E-state index contributed by atoms with van der Waals surface area (Å²) >= 11 is 0. The summed E-state index contributed by atoms with van der Waals surface area (Å²) in [5.74, 6) is 5.97. The van der Waals surface area contributed by atoms with E-state index in [1.165, 1.54) is 51.4 Å². The minimum absolute atomic E-state index is 0.00452. The van der Waals surface area contributed by atoms with Crippen LogP contribution in [0, 0.1) is 52.3 Å². The molecule has 1 amide bonds. The van der Waals surface area contributed by atoms with E-state index in [0.717, 1.165) is 60.7 Å². The first-order chi connectivity index (χ1) is 17.8. The number of nitrogens with one attached hydrogen (secondary N) is 1. The van der Waals surface area contributed by atoms with E-state index in [0.29, 0.717) is 12.0 Å². The molecular weight excluding hydrogens is 468 g/mol. The van der Waals surface area contributed by atoms with Gasteiger partial charge in [0.25, 0.3) is 0 Å². The van der Waals surface area contributed by atoms with Crippen LogP contribution >= 0.6 is 0 Å². The van der Waals surface area contributed by atoms with E-state index in [9.17, 15) is 4.79 Å². The van der Waals surface area contributed by atoms with Crippen molar-refractivity contribution in [3.8, 4) is 0 Å². The number of rotatable bonds is 9. The van der Waals surface area contributed by atoms with Crippen molar-refractivity contribution in [1.29, 1.82) is 0 Å². The molecule has 4 rings (SSSR count). The Morgan fingerprint density at radius 2 is 1.84 bits per heavy atom. The molecule has 0 unspecified atom stereocenters. The van der Waals surface area contributed by atoms with Gasteiger partial charge >= 0.3 is 6.09 Å². The molecule has 0 bridgehead atoms. The van der Waals surface area contributed by atoms with Crippen molar-refractivity contribution in [2.24, 2.45) is 58.0 Å². The van der Waals surface area contributed by atoms with Crippen LogP contribution in [0.5, 0.6) is 0 Å². The Hall–Kier alpha value is -1.03. The summed E-state index contributed by atoms with van der Waals surface area (Å²) in [4.78, 5) is 12.4. The number of fused-ring (bicyclic) bond motifs is 5. The van der Waals surface area contributed by atoms with Crippen LogP contribution < -0.4 is 11.1 Å². The van der Waals surface area contributed by atoms with Gasteiger partial charge in [-0.05, 0) is 117 Å². The van der Waals surface area contributed by atoms with Crippen LogP contribution in [-0.2, 0) is 4.74 Å². The van der Waals surface area contributed by atoms with Crippen molar-refractivity contribution >= 4 is 6.09 Å². The van der Waals surface area contributed by atoms with E-state index in [1.807, 2.05) is 13.8 Å². The molecule has 3 fully saturated rings. The molecule has 4 aliphatic carbocycles. The van der Waals surface area contributed by atoms with Crippen LogP contribution in [0.3, 0.4) is 0 Å². The van der Waals surface area contributed by atoms with Crippen LogP contribution in [0.4, 0.5) is 4.79 Å². The van der Waals surface area contributed by atoms with Gasteiger partial charge in [-0.15, -0.1) is 0 Å². The fraction of sp³-hybridized carbons (Fsp3) is 0.912. The van der Waals surface area contributed by atoms with E-state index >= 15 is 0 Å². The number of allylic oxidation sites excluding steroid dienone is 1. The van der Waals surface area contributed by atoms with Gasteiger partial charge in [-0.25, -0.2) is 4.79 Å². The molecule has 218 valence electrons. The van der Waals surface area contributed by atoms with Gasteiger partial charge in [0, 0.05) is 18.5 Å². The molecule has 0 spiro atoms. The van der Waals surface area contributed by atoms with Gasteiger partial charge in [0.15, 0.2) is 0 Å². The van der Waals surface area contributed by atoms with Crippen molar-refractivity contribution in [3.63, 3.8) is 0 Å². The smallest absolute Gasteiger partial charge is 0.407 e. The second-order valence-electron chi connectivity index (χ2n) is 15.6. The third-order valence-electron chi connectivity index (χ3n) is 12.2. The lowest BCUT2D eigenvalue weighted by molar-refractivity contribution is -0.0583. The molecule has 9 atom stereocenters. The van der Waals surface area contributed by atoms with E-state index in [4.69, 9.17) is 10.5 Å². The summed E-state index contributed by atoms with van der Waals surface area (Å²) in [6.07, 6.45) is 16.4. The minimum atomic E-state index is -0.427. The lowest BCUT2D eigenvalue weighted by atomic mass is 9.47. The summed E-state index contributed by atoms with van der Waals surface area (Å²) in [6.45, 7) is 19.3. The molecule has 0 aromatic heterocycles. The molecule has 0 heterocycles. The Balaban J connectivity index is 1.39. The normalized spacial score (nSPS) is 38.5. The monoisotopic (exact) mass is 528 g/mol. The average molecular weight is 529 g/mol. The molecule has 4 nitrogen and oxygen atoms in total. The maximum absolute atomic E-state index is 12.4. The highest BCUT2D eigenvalue weighted by Crippen LogP contribution is 2.67. The van der Waals surface area contributed by atoms with Crippen molar-refractivity contribution in [2.45, 2.75) is 138 Å². The summed E-state index contributed by atoms with van der Waals surface area (Å²) in [7, 11) is 0. The van der Waals surface area contributed by atoms with Gasteiger partial charge in [0.2, 0.25) is 0 Å². The largest absolute Gasteiger partial charge is 0.446 e. The first kappa shape index (κ1) is 29.9. The Bertz CT molecular complexity index is 859. The van der Waals surface area contributed by atoms with Crippen molar-refractivity contribution in [2.75, 3.05) is 6.54 Å². The molecule has 0 aliphatic heterocycles. The van der Waals surface area contributed by atoms with E-state index in [1.54, 1.807) is 5.57 Å². The highest BCUT2D eigenvalue weighted by atomic mass is 16.6. The molecular formula is C34H60N2O2. The van der Waals surface area contributed by atoms with Gasteiger partial charge in [0.1, 0.15) is 6.10 Å². The standard InChI is InChI=1S/C34H60N2O2/c1-9-24(22(2)3)11-10-23(4)28-14-15-29-27-13-12-25-20-26(38-31(37)36-21-32(5,6)35)16-18-33(25,7)30(27)17-19-34(28,29)8/h12,22-24,26-30H,9-11,13-21,35H2,1-8H3,(H,36,37)/t23-,24-,26+,27+,28-,29+,30+,33+,34-/m1/s1. The van der Waals surface area contributed by atoms with Crippen LogP contribution in [-0.4, -0.2) is 24.3 Å². The molecule has 0 aromatic rings. The fourth-order valence-corrected chi connectivity index (χ4v) is 9.88. The highest BCUT2D eigenvalue weighted by molar-refractivity contribution is 5.67. The molecule has 4 aliphatic rings. The predicted octanol–water partition coefficient (Wildman–Crippen LogP) is 8.50. The van der Waals surface area contributed by atoms with Crippen LogP contribution in [0.2, 0.25) is 0 Å². The number of nitrogens with two attached hydrogens (primary N) is 1. The van der Waals surface area contributed by atoms with E-state index < -0.39 is 5.54 Å². The summed E-state index contributed by atoms with van der Waals surface area (Å²) in [5.41, 5.74) is 7.98. The Morgan fingerprint density at radius 3 is 2.50 bits per heavy atom. The van der Waals surface area contributed by atoms with Crippen LogP contribution in [0.15, 0.2) is 11.6 Å². The highest BCUT2D eigenvalue weighted by Gasteiger charge is 2.59. The Kier molecular flexibility index (Phi) is 9.02. The number of amides is 1. The first-order valence-electron chi connectivity index (χ1n) is 16.2. The molecule has 0 radical (unpaired) electrons. The number of hydrogen-bond donors (Lipinski definition) is 2. The van der Waals surface area contributed by atoms with Gasteiger partial charge < -0.3 is 15.8 Å².